The number of para-hydroxylation sites is 1. The topological polar surface area (TPSA) is 567 Å². The quantitative estimate of drug-likeness (QED) is 0.0145. The third-order valence-electron chi connectivity index (χ3n) is 17.7. The first kappa shape index (κ1) is 80.1. The van der Waals surface area contributed by atoms with Crippen molar-refractivity contribution in [3.8, 4) is 0 Å². The molecule has 12 atom stereocenters. The van der Waals surface area contributed by atoms with Gasteiger partial charge in [0.2, 0.25) is 65.0 Å². The van der Waals surface area contributed by atoms with Gasteiger partial charge in [0.25, 0.3) is 5.91 Å². The van der Waals surface area contributed by atoms with Gasteiger partial charge in [0.05, 0.1) is 41.9 Å². The zero-order chi connectivity index (χ0) is 76.5. The van der Waals surface area contributed by atoms with Crippen molar-refractivity contribution in [2.45, 2.75) is 156 Å². The van der Waals surface area contributed by atoms with Crippen LogP contribution in [0.4, 0.5) is 0 Å². The van der Waals surface area contributed by atoms with Crippen LogP contribution in [0.5, 0.6) is 0 Å². The second kappa shape index (κ2) is 39.4. The maximum absolute atomic E-state index is 15.6. The lowest BCUT2D eigenvalue weighted by Crippen LogP contribution is -2.62. The van der Waals surface area contributed by atoms with Crippen molar-refractivity contribution in [2.24, 2.45) is 11.5 Å². The Hall–Kier alpha value is -11.0. The number of nitrogens with zero attached hydrogens (tertiary/aromatic N) is 4. The molecule has 0 aliphatic carbocycles. The second-order valence-corrected chi connectivity index (χ2v) is 29.1. The normalized spacial score (nSPS) is 24.7. The molecule has 0 radical (unpaired) electrons. The SMILES string of the molecule is C[C@@H]1NC(=O)[C@@H]2CSS[C@H](NC(=O)[C@H](CCCCNC(=N)N)NC(=O)[C@H](CCCN)NC(=O)[C@H](CCC(=O)O)NC(=O)[C@H](Cc3c[nH]cn3)NC1=O)C(=O)N1CSC[C@H]1C(=O)N[C@@H](Cc1c[nH]cn1)C(=O)N[C@H](Cc1ccccc1)C(=O)N[C@@H](Cc1c[nH]cn1)C(=O)N[C@@H](Cc1c[nH]c3ccccc13)C(=O)N2. The number of aliphatic carboxylic acids is 1. The smallest absolute Gasteiger partial charge is 0.303 e. The van der Waals surface area contributed by atoms with Gasteiger partial charge in [-0.2, -0.15) is 0 Å². The van der Waals surface area contributed by atoms with Gasteiger partial charge >= 0.3 is 5.97 Å². The van der Waals surface area contributed by atoms with E-state index in [4.69, 9.17) is 16.9 Å². The third-order valence-corrected chi connectivity index (χ3v) is 21.2. The fourth-order valence-electron chi connectivity index (χ4n) is 11.9. The van der Waals surface area contributed by atoms with Crippen molar-refractivity contribution in [2.75, 3.05) is 30.5 Å². The summed E-state index contributed by atoms with van der Waals surface area (Å²) in [6.45, 7) is 1.40. The molecule has 0 unspecified atom stereocenters. The molecule has 0 saturated carbocycles. The predicted molar refractivity (Wildman–Crippen MR) is 393 cm³/mol. The lowest BCUT2D eigenvalue weighted by molar-refractivity contribution is -0.140. The maximum atomic E-state index is 15.6. The minimum absolute atomic E-state index is 0.00192. The average molecular weight is 1530 g/mol. The van der Waals surface area contributed by atoms with Gasteiger partial charge < -0.3 is 105 Å². The number of aromatic nitrogens is 7. The Morgan fingerprint density at radius 2 is 1.03 bits per heavy atom. The number of nitrogens with one attached hydrogen (secondary N) is 17. The number of thioether (sulfide) groups is 1. The van der Waals surface area contributed by atoms with Crippen LogP contribution in [0.1, 0.15) is 80.1 Å². The summed E-state index contributed by atoms with van der Waals surface area (Å²) in [4.78, 5) is 218. The van der Waals surface area contributed by atoms with Crippen LogP contribution in [0.15, 0.2) is 98.4 Å². The minimum Gasteiger partial charge on any atom is -0.481 e. The van der Waals surface area contributed by atoms with Gasteiger partial charge in [-0.25, -0.2) is 15.0 Å². The van der Waals surface area contributed by atoms with Gasteiger partial charge in [-0.1, -0.05) is 70.1 Å². The van der Waals surface area contributed by atoms with E-state index in [2.05, 4.69) is 98.7 Å². The Balaban J connectivity index is 1.17. The molecule has 3 aliphatic rings. The number of guanidine groups is 1. The molecule has 37 nitrogen and oxygen atoms in total. The maximum Gasteiger partial charge on any atom is 0.303 e. The van der Waals surface area contributed by atoms with Crippen molar-refractivity contribution >= 4 is 127 Å². The number of carboxylic acid groups (broad SMARTS) is 1. The van der Waals surface area contributed by atoms with Crippen LogP contribution in [-0.4, -0.2) is 230 Å². The molecule has 107 heavy (non-hydrogen) atoms. The summed E-state index contributed by atoms with van der Waals surface area (Å²) in [5.41, 5.74) is 14.0. The van der Waals surface area contributed by atoms with Gasteiger partial charge in [-0.05, 0) is 69.2 Å². The molecule has 7 heterocycles. The Bertz CT molecular complexity index is 4100. The Morgan fingerprint density at radius 1 is 0.542 bits per heavy atom. The minimum atomic E-state index is -1.75. The number of fused-ring (bicyclic) bond motifs is 6. The van der Waals surface area contributed by atoms with E-state index in [0.29, 0.717) is 38.5 Å². The van der Waals surface area contributed by atoms with E-state index in [1.54, 1.807) is 60.8 Å². The lowest BCUT2D eigenvalue weighted by Gasteiger charge is -2.31. The zero-order valence-electron chi connectivity index (χ0n) is 58.1. The number of H-pyrrole nitrogens is 4. The third kappa shape index (κ3) is 23.5. The highest BCUT2D eigenvalue weighted by molar-refractivity contribution is 8.77. The first-order valence-electron chi connectivity index (χ1n) is 34.5. The first-order valence-corrected chi connectivity index (χ1v) is 38.1. The van der Waals surface area contributed by atoms with Crippen molar-refractivity contribution < 1.29 is 67.4 Å². The summed E-state index contributed by atoms with van der Waals surface area (Å²) >= 11 is 1.15. The van der Waals surface area contributed by atoms with Crippen LogP contribution in [0.2, 0.25) is 0 Å². The fraction of sp³-hybridized carbons (Fsp3) is 0.448. The number of hydrogen-bond acceptors (Lipinski definition) is 21. The molecule has 0 spiro atoms. The van der Waals surface area contributed by atoms with E-state index in [-0.39, 0.29) is 106 Å². The lowest BCUT2D eigenvalue weighted by atomic mass is 10.0. The van der Waals surface area contributed by atoms with Crippen molar-refractivity contribution in [3.05, 3.63) is 127 Å². The number of benzene rings is 2. The summed E-state index contributed by atoms with van der Waals surface area (Å²) in [6.07, 6.45) is 7.65. The Morgan fingerprint density at radius 3 is 1.58 bits per heavy atom. The summed E-state index contributed by atoms with van der Waals surface area (Å²) in [6, 6.07) is -1.53. The highest BCUT2D eigenvalue weighted by atomic mass is 33.1. The van der Waals surface area contributed by atoms with Gasteiger partial charge in [0.15, 0.2) is 11.3 Å². The molecule has 12 amide bonds. The second-order valence-electron chi connectivity index (χ2n) is 25.6. The molecule has 9 rings (SSSR count). The summed E-state index contributed by atoms with van der Waals surface area (Å²) in [7, 11) is 1.43. The van der Waals surface area contributed by atoms with Crippen molar-refractivity contribution in [1.82, 2.24) is 104 Å². The predicted octanol–water partition coefficient (Wildman–Crippen LogP) is -3.27. The molecule has 3 fully saturated rings. The molecule has 22 N–H and O–H groups in total. The molecule has 572 valence electrons. The molecular weight excluding hydrogens is 1450 g/mol. The standard InChI is InChI=1S/C67H87N23O14S3/c1-35-54(93)83-48(22-38-26-71-31-76-38)60(99)82-45(16-17-53(91)92)56(95)81-44(15-9-18-68)55(94)80-43(14-7-8-19-74-67(69)70)57(96)89-65-66(104)90-34-105-30-52(90)64(103)87-50(24-40-28-73-33-78-40)62(101)84-46(20-36-10-3-2-4-11-36)58(97)86-49(23-39-27-72-32-77-39)61(100)85-47(21-37-25-75-42-13-6-5-12-41(37)42)59(98)88-51(29-106-107-65)63(102)79-35/h2-6,10-13,25-28,31-33,35,43-52,65,75H,7-9,14-24,29-30,34,68H2,1H3,(H,71,76)(H,72,77)(H,73,78)(H,79,102)(H,80,94)(H,81,95)(H,82,99)(H,83,93)(H,84,101)(H,85,100)(H,86,97)(H,87,103)(H,88,98)(H,89,96)(H,91,92)(H4,69,70,74)/t35-,43-,44-,45-,46+,47-,48-,49-,50-,51-,52-,65-/m0/s1. The largest absolute Gasteiger partial charge is 0.481 e. The summed E-state index contributed by atoms with van der Waals surface area (Å²) in [5, 5.41) is 48.7. The highest BCUT2D eigenvalue weighted by Gasteiger charge is 2.43. The van der Waals surface area contributed by atoms with Crippen LogP contribution in [0, 0.1) is 5.41 Å². The Labute approximate surface area is 624 Å². The number of hydrogen-bond donors (Lipinski definition) is 20. The van der Waals surface area contributed by atoms with E-state index >= 15 is 38.4 Å². The monoisotopic (exact) mass is 1530 g/mol. The average Bonchev–Trinajstić information content (AvgIpc) is 1.53. The number of nitrogens with two attached hydrogens (primary N) is 2. The molecule has 2 aromatic carbocycles. The van der Waals surface area contributed by atoms with E-state index in [0.717, 1.165) is 27.5 Å². The van der Waals surface area contributed by atoms with E-state index in [1.807, 2.05) is 0 Å². The van der Waals surface area contributed by atoms with Crippen LogP contribution in [0.3, 0.4) is 0 Å². The number of aromatic amines is 4. The molecule has 3 aliphatic heterocycles. The number of rotatable bonds is 21. The van der Waals surface area contributed by atoms with E-state index < -0.39 is 167 Å². The van der Waals surface area contributed by atoms with E-state index in [1.165, 1.54) is 44.5 Å². The van der Waals surface area contributed by atoms with Crippen LogP contribution in [0.25, 0.3) is 10.9 Å². The molecule has 40 heteroatoms. The van der Waals surface area contributed by atoms with Gasteiger partial charge in [-0.3, -0.25) is 67.7 Å². The number of imidazole rings is 3. The van der Waals surface area contributed by atoms with Crippen LogP contribution < -0.4 is 75.3 Å². The van der Waals surface area contributed by atoms with E-state index in [9.17, 15) is 29.1 Å². The van der Waals surface area contributed by atoms with Crippen molar-refractivity contribution in [3.63, 3.8) is 0 Å². The number of carboxylic acids is 1. The van der Waals surface area contributed by atoms with Crippen LogP contribution >= 0.6 is 33.3 Å². The molecular formula is C67H87N23O14S3. The zero-order valence-corrected chi connectivity index (χ0v) is 60.6. The van der Waals surface area contributed by atoms with Gasteiger partial charge in [-0.15, -0.1) is 11.8 Å². The number of carbonyl (C=O) groups is 13. The molecule has 3 saturated heterocycles. The first-order chi connectivity index (χ1) is 51.5. The Kier molecular flexibility index (Phi) is 29.5. The number of carbonyl (C=O) groups excluding carboxylic acids is 12. The molecule has 6 aromatic rings. The van der Waals surface area contributed by atoms with Crippen molar-refractivity contribution in [1.29, 1.82) is 5.41 Å². The number of amides is 12. The van der Waals surface area contributed by atoms with Gasteiger partial charge in [0.1, 0.15) is 66.5 Å². The summed E-state index contributed by atoms with van der Waals surface area (Å²) in [5.74, 6) is -14.0. The number of unbranched alkanes of at least 4 members (excludes halogenated alkanes) is 1. The van der Waals surface area contributed by atoms with Crippen LogP contribution in [-0.2, 0) is 94.4 Å². The highest BCUT2D eigenvalue weighted by Crippen LogP contribution is 2.32. The molecule has 4 aromatic heterocycles. The fourth-order valence-corrected chi connectivity index (χ4v) is 15.5. The summed E-state index contributed by atoms with van der Waals surface area (Å²) < 4.78 is 0. The van der Waals surface area contributed by atoms with Gasteiger partial charge in [0, 0.05) is 92.3 Å². The molecule has 2 bridgehead atoms.